The van der Waals surface area contributed by atoms with Gasteiger partial charge in [0, 0.05) is 44.0 Å². The van der Waals surface area contributed by atoms with Gasteiger partial charge in [-0.3, -0.25) is 9.69 Å². The van der Waals surface area contributed by atoms with E-state index < -0.39 is 0 Å². The Morgan fingerprint density at radius 2 is 1.69 bits per heavy atom. The summed E-state index contributed by atoms with van der Waals surface area (Å²) < 4.78 is 0. The zero-order valence-corrected chi connectivity index (χ0v) is 21.0. The van der Waals surface area contributed by atoms with Gasteiger partial charge in [-0.05, 0) is 28.8 Å². The van der Waals surface area contributed by atoms with E-state index in [1.165, 1.54) is 21.9 Å². The smallest absolute Gasteiger partial charge is 0.227 e. The summed E-state index contributed by atoms with van der Waals surface area (Å²) in [6.45, 7) is 6.36. The number of aromatic nitrogens is 1. The molecule has 0 spiro atoms. The van der Waals surface area contributed by atoms with E-state index in [2.05, 4.69) is 83.8 Å². The van der Waals surface area contributed by atoms with Crippen LogP contribution in [-0.2, 0) is 17.6 Å². The van der Waals surface area contributed by atoms with Crippen molar-refractivity contribution in [2.75, 3.05) is 32.7 Å². The molecule has 1 amide bonds. The first kappa shape index (κ1) is 23.5. The predicted octanol–water partition coefficient (Wildman–Crippen LogP) is 5.60. The lowest BCUT2D eigenvalue weighted by Crippen LogP contribution is -2.49. The molecule has 5 heteroatoms. The van der Waals surface area contributed by atoms with Gasteiger partial charge in [0.25, 0.3) is 0 Å². The van der Waals surface area contributed by atoms with Crippen LogP contribution in [-0.4, -0.2) is 53.4 Å². The van der Waals surface area contributed by atoms with Crippen LogP contribution in [0.4, 0.5) is 0 Å². The molecule has 0 bridgehead atoms. The van der Waals surface area contributed by atoms with Crippen LogP contribution in [0.2, 0.25) is 0 Å². The van der Waals surface area contributed by atoms with Crippen LogP contribution in [0.15, 0.2) is 78.9 Å². The summed E-state index contributed by atoms with van der Waals surface area (Å²) in [7, 11) is 0. The number of amides is 1. The highest BCUT2D eigenvalue weighted by atomic mass is 32.1. The molecule has 1 aliphatic rings. The highest BCUT2D eigenvalue weighted by molar-refractivity contribution is 7.11. The molecule has 0 radical (unpaired) electrons. The molecule has 3 aromatic carbocycles. The molecule has 0 saturated carbocycles. The van der Waals surface area contributed by atoms with Crippen LogP contribution in [0.5, 0.6) is 0 Å². The fourth-order valence-electron chi connectivity index (χ4n) is 4.67. The van der Waals surface area contributed by atoms with Crippen molar-refractivity contribution < 1.29 is 4.79 Å². The molecule has 1 aliphatic heterocycles. The van der Waals surface area contributed by atoms with Gasteiger partial charge in [-0.2, -0.15) is 0 Å². The van der Waals surface area contributed by atoms with Gasteiger partial charge in [-0.25, -0.2) is 4.98 Å². The number of benzene rings is 3. The second kappa shape index (κ2) is 11.0. The van der Waals surface area contributed by atoms with Gasteiger partial charge in [0.05, 0.1) is 17.1 Å². The summed E-state index contributed by atoms with van der Waals surface area (Å²) in [6, 6.07) is 25.3. The number of rotatable bonds is 7. The maximum Gasteiger partial charge on any atom is 0.227 e. The van der Waals surface area contributed by atoms with Gasteiger partial charge < -0.3 is 4.90 Å². The van der Waals surface area contributed by atoms with Crippen LogP contribution in [0.25, 0.3) is 16.8 Å². The van der Waals surface area contributed by atoms with Crippen molar-refractivity contribution in [3.05, 3.63) is 106 Å². The number of nitrogens with zero attached hydrogens (tertiary/aromatic N) is 3. The molecule has 4 aromatic rings. The number of piperazine rings is 1. The van der Waals surface area contributed by atoms with Gasteiger partial charge in [0.1, 0.15) is 0 Å². The molecule has 0 atom stereocenters. The van der Waals surface area contributed by atoms with E-state index in [9.17, 15) is 4.79 Å². The Bertz CT molecular complexity index is 1310. The van der Waals surface area contributed by atoms with Gasteiger partial charge in [0.15, 0.2) is 0 Å². The maximum absolute atomic E-state index is 13.0. The van der Waals surface area contributed by atoms with E-state index in [1.54, 1.807) is 11.3 Å². The minimum absolute atomic E-state index is 0.216. The Labute approximate surface area is 211 Å². The zero-order valence-electron chi connectivity index (χ0n) is 20.2. The number of hydrogen-bond donors (Lipinski definition) is 0. The molecule has 0 unspecified atom stereocenters. The van der Waals surface area contributed by atoms with E-state index >= 15 is 0 Å². The van der Waals surface area contributed by atoms with Crippen molar-refractivity contribution in [2.24, 2.45) is 0 Å². The highest BCUT2D eigenvalue weighted by Gasteiger charge is 2.22. The third-order valence-electron chi connectivity index (χ3n) is 6.67. The van der Waals surface area contributed by atoms with Crippen molar-refractivity contribution >= 4 is 34.1 Å². The third kappa shape index (κ3) is 5.87. The number of carbonyl (C=O) groups is 1. The molecular formula is C30H31N3OS. The Morgan fingerprint density at radius 1 is 0.943 bits per heavy atom. The van der Waals surface area contributed by atoms with Crippen LogP contribution >= 0.6 is 11.3 Å². The minimum Gasteiger partial charge on any atom is -0.340 e. The molecule has 1 saturated heterocycles. The van der Waals surface area contributed by atoms with E-state index in [4.69, 9.17) is 4.98 Å². The number of aryl methyl sites for hydroxylation is 1. The van der Waals surface area contributed by atoms with Crippen molar-refractivity contribution in [3.63, 3.8) is 0 Å². The van der Waals surface area contributed by atoms with E-state index in [0.717, 1.165) is 54.7 Å². The Balaban J connectivity index is 1.15. The summed E-state index contributed by atoms with van der Waals surface area (Å²) >= 11 is 1.69. The van der Waals surface area contributed by atoms with Crippen LogP contribution in [0.1, 0.15) is 26.7 Å². The molecule has 178 valence electrons. The quantitative estimate of drug-likeness (QED) is 0.345. The molecular weight excluding hydrogens is 450 g/mol. The van der Waals surface area contributed by atoms with Crippen molar-refractivity contribution in [2.45, 2.75) is 19.8 Å². The van der Waals surface area contributed by atoms with Gasteiger partial charge in [-0.1, -0.05) is 84.9 Å². The monoisotopic (exact) mass is 481 g/mol. The Kier molecular flexibility index (Phi) is 7.36. The topological polar surface area (TPSA) is 36.4 Å². The summed E-state index contributed by atoms with van der Waals surface area (Å²) in [5, 5.41) is 3.61. The average Bonchev–Trinajstić information content (AvgIpc) is 3.23. The summed E-state index contributed by atoms with van der Waals surface area (Å²) in [6.07, 6.45) is 5.63. The zero-order chi connectivity index (χ0) is 24.0. The van der Waals surface area contributed by atoms with E-state index in [1.807, 2.05) is 17.9 Å². The fraction of sp³-hybridized carbons (Fsp3) is 0.267. The lowest BCUT2D eigenvalue weighted by Gasteiger charge is -2.34. The van der Waals surface area contributed by atoms with Crippen molar-refractivity contribution in [1.29, 1.82) is 0 Å². The summed E-state index contributed by atoms with van der Waals surface area (Å²) in [5.41, 5.74) is 3.50. The Morgan fingerprint density at radius 3 is 2.51 bits per heavy atom. The van der Waals surface area contributed by atoms with Crippen LogP contribution in [0, 0.1) is 6.92 Å². The lowest BCUT2D eigenvalue weighted by molar-refractivity contribution is -0.132. The molecule has 0 aliphatic carbocycles. The van der Waals surface area contributed by atoms with Gasteiger partial charge >= 0.3 is 0 Å². The van der Waals surface area contributed by atoms with Gasteiger partial charge in [0.2, 0.25) is 5.91 Å². The number of hydrogen-bond acceptors (Lipinski definition) is 4. The molecule has 5 rings (SSSR count). The second-order valence-electron chi connectivity index (χ2n) is 9.10. The summed E-state index contributed by atoms with van der Waals surface area (Å²) in [5.74, 6) is 0.216. The number of fused-ring (bicyclic) bond motifs is 1. The maximum atomic E-state index is 13.0. The molecule has 1 fully saturated rings. The molecule has 1 aromatic heterocycles. The Hall–Kier alpha value is -3.28. The highest BCUT2D eigenvalue weighted by Crippen LogP contribution is 2.26. The molecule has 4 nitrogen and oxygen atoms in total. The van der Waals surface area contributed by atoms with Crippen molar-refractivity contribution in [1.82, 2.24) is 14.8 Å². The molecule has 0 N–H and O–H groups in total. The standard InChI is InChI=1S/C30H31N3OS/c1-23-28(35-29(31-23)21-26-14-7-13-25-12-5-6-15-27(25)26)22-30(34)33-19-17-32(18-20-33)16-8-11-24-9-3-2-4-10-24/h2-15H,16-22H2,1H3/b11-8+. The minimum atomic E-state index is 0.216. The number of thiazole rings is 1. The number of carbonyl (C=O) groups excluding carboxylic acids is 1. The average molecular weight is 482 g/mol. The third-order valence-corrected chi connectivity index (χ3v) is 7.83. The van der Waals surface area contributed by atoms with E-state index in [-0.39, 0.29) is 5.91 Å². The van der Waals surface area contributed by atoms with Crippen molar-refractivity contribution in [3.8, 4) is 0 Å². The second-order valence-corrected chi connectivity index (χ2v) is 10.3. The first-order valence-corrected chi connectivity index (χ1v) is 13.1. The largest absolute Gasteiger partial charge is 0.340 e. The van der Waals surface area contributed by atoms with E-state index in [0.29, 0.717) is 6.42 Å². The molecule has 35 heavy (non-hydrogen) atoms. The molecule has 2 heterocycles. The first-order valence-electron chi connectivity index (χ1n) is 12.3. The van der Waals surface area contributed by atoms with Crippen LogP contribution < -0.4 is 0 Å². The SMILES string of the molecule is Cc1nc(Cc2cccc3ccccc23)sc1CC(=O)N1CCN(C/C=C/c2ccccc2)CC1. The van der Waals surface area contributed by atoms with Gasteiger partial charge in [-0.15, -0.1) is 11.3 Å². The normalized spacial score (nSPS) is 14.7. The fourth-order valence-corrected chi connectivity index (χ4v) is 5.75. The van der Waals surface area contributed by atoms with Crippen LogP contribution in [0.3, 0.4) is 0 Å². The first-order chi connectivity index (χ1) is 17.2. The lowest BCUT2D eigenvalue weighted by atomic mass is 10.0. The predicted molar refractivity (Wildman–Crippen MR) is 146 cm³/mol. The summed E-state index contributed by atoms with van der Waals surface area (Å²) in [4.78, 5) is 23.4.